The molecule has 2 aromatic rings. The number of amides is 1. The van der Waals surface area contributed by atoms with Crippen LogP contribution in [0.4, 0.5) is 10.1 Å². The Balaban J connectivity index is 1.42. The number of hydrogen-bond donors (Lipinski definition) is 1. The molecule has 0 aliphatic carbocycles. The lowest BCUT2D eigenvalue weighted by Gasteiger charge is -2.36. The maximum absolute atomic E-state index is 13.0. The Bertz CT molecular complexity index is 767. The highest BCUT2D eigenvalue weighted by Gasteiger charge is 2.19. The summed E-state index contributed by atoms with van der Waals surface area (Å²) in [6.07, 6.45) is 0. The minimum absolute atomic E-state index is 0.0261. The number of piperazine rings is 1. The molecular formula is C20H27FN4OS. The van der Waals surface area contributed by atoms with E-state index in [4.69, 9.17) is 0 Å². The average Bonchev–Trinajstić information content (AvgIpc) is 3.05. The Morgan fingerprint density at radius 2 is 1.89 bits per heavy atom. The fourth-order valence-corrected chi connectivity index (χ4v) is 4.15. The molecule has 1 aromatic carbocycles. The van der Waals surface area contributed by atoms with Gasteiger partial charge in [0.2, 0.25) is 0 Å². The number of nitrogens with one attached hydrogen (secondary N) is 1. The maximum Gasteiger partial charge on any atom is 0.263 e. The van der Waals surface area contributed by atoms with Crippen molar-refractivity contribution in [3.05, 3.63) is 45.7 Å². The summed E-state index contributed by atoms with van der Waals surface area (Å²) in [5.74, 6) is 0.110. The zero-order valence-corrected chi connectivity index (χ0v) is 17.0. The van der Waals surface area contributed by atoms with Crippen molar-refractivity contribution in [2.75, 3.05) is 44.2 Å². The quantitative estimate of drug-likeness (QED) is 0.823. The van der Waals surface area contributed by atoms with E-state index in [0.717, 1.165) is 54.0 Å². The largest absolute Gasteiger partial charge is 0.369 e. The molecule has 0 saturated carbocycles. The minimum atomic E-state index is -0.204. The van der Waals surface area contributed by atoms with Crippen LogP contribution in [-0.2, 0) is 0 Å². The van der Waals surface area contributed by atoms with Crippen molar-refractivity contribution in [1.29, 1.82) is 0 Å². The summed E-state index contributed by atoms with van der Waals surface area (Å²) in [7, 11) is 0. The molecule has 0 spiro atoms. The summed E-state index contributed by atoms with van der Waals surface area (Å²) >= 11 is 1.49. The van der Waals surface area contributed by atoms with Crippen LogP contribution in [0.25, 0.3) is 0 Å². The molecule has 0 radical (unpaired) electrons. The third-order valence-electron chi connectivity index (χ3n) is 4.79. The second-order valence-electron chi connectivity index (χ2n) is 7.18. The van der Waals surface area contributed by atoms with Crippen molar-refractivity contribution >= 4 is 22.9 Å². The molecule has 1 aliphatic heterocycles. The van der Waals surface area contributed by atoms with Gasteiger partial charge in [-0.2, -0.15) is 0 Å². The predicted octanol–water partition coefficient (Wildman–Crippen LogP) is 3.27. The van der Waals surface area contributed by atoms with Crippen molar-refractivity contribution in [3.63, 3.8) is 0 Å². The van der Waals surface area contributed by atoms with E-state index in [9.17, 15) is 9.18 Å². The number of hydrogen-bond acceptors (Lipinski definition) is 5. The summed E-state index contributed by atoms with van der Waals surface area (Å²) in [6.45, 7) is 11.2. The van der Waals surface area contributed by atoms with Crippen LogP contribution in [0.5, 0.6) is 0 Å². The van der Waals surface area contributed by atoms with Gasteiger partial charge in [0.15, 0.2) is 0 Å². The number of carbonyl (C=O) groups is 1. The average molecular weight is 391 g/mol. The van der Waals surface area contributed by atoms with E-state index in [0.29, 0.717) is 12.5 Å². The fourth-order valence-electron chi connectivity index (χ4n) is 3.16. The Morgan fingerprint density at radius 1 is 1.22 bits per heavy atom. The number of rotatable bonds is 6. The van der Waals surface area contributed by atoms with Crippen molar-refractivity contribution in [2.24, 2.45) is 0 Å². The Hall–Kier alpha value is -1.99. The first-order valence-electron chi connectivity index (χ1n) is 9.42. The summed E-state index contributed by atoms with van der Waals surface area (Å²) in [6, 6.07) is 6.66. The molecule has 1 fully saturated rings. The van der Waals surface area contributed by atoms with Gasteiger partial charge in [0, 0.05) is 50.9 Å². The lowest BCUT2D eigenvalue weighted by atomic mass is 10.2. The normalized spacial score (nSPS) is 15.4. The molecular weight excluding hydrogens is 363 g/mol. The molecule has 146 valence electrons. The molecule has 1 N–H and O–H groups in total. The van der Waals surface area contributed by atoms with E-state index in [1.165, 1.54) is 23.5 Å². The molecule has 1 aliphatic rings. The van der Waals surface area contributed by atoms with E-state index < -0.39 is 0 Å². The van der Waals surface area contributed by atoms with Crippen molar-refractivity contribution in [1.82, 2.24) is 15.2 Å². The van der Waals surface area contributed by atoms with Crippen LogP contribution in [0.2, 0.25) is 0 Å². The molecule has 0 bridgehead atoms. The molecule has 27 heavy (non-hydrogen) atoms. The molecule has 0 unspecified atom stereocenters. The summed E-state index contributed by atoms with van der Waals surface area (Å²) in [5.41, 5.74) is 1.88. The third-order valence-corrected chi connectivity index (χ3v) is 6.25. The van der Waals surface area contributed by atoms with Crippen LogP contribution in [0.15, 0.2) is 24.3 Å². The van der Waals surface area contributed by atoms with Gasteiger partial charge in [-0.05, 0) is 31.2 Å². The van der Waals surface area contributed by atoms with Gasteiger partial charge in [-0.25, -0.2) is 9.37 Å². The van der Waals surface area contributed by atoms with E-state index >= 15 is 0 Å². The highest BCUT2D eigenvalue weighted by Crippen LogP contribution is 2.24. The van der Waals surface area contributed by atoms with Crippen LogP contribution in [0, 0.1) is 12.7 Å². The number of nitrogens with zero attached hydrogens (tertiary/aromatic N) is 3. The molecule has 3 rings (SSSR count). The van der Waals surface area contributed by atoms with Gasteiger partial charge < -0.3 is 10.2 Å². The molecule has 5 nitrogen and oxygen atoms in total. The summed E-state index contributed by atoms with van der Waals surface area (Å²) in [4.78, 5) is 22.2. The van der Waals surface area contributed by atoms with E-state index in [2.05, 4.69) is 33.9 Å². The van der Waals surface area contributed by atoms with Crippen LogP contribution in [0.3, 0.4) is 0 Å². The highest BCUT2D eigenvalue weighted by atomic mass is 32.1. The molecule has 2 heterocycles. The molecule has 1 saturated heterocycles. The maximum atomic E-state index is 13.0. The zero-order valence-electron chi connectivity index (χ0n) is 16.2. The number of halogens is 1. The van der Waals surface area contributed by atoms with E-state index in [1.54, 1.807) is 0 Å². The lowest BCUT2D eigenvalue weighted by molar-refractivity contribution is 0.0951. The highest BCUT2D eigenvalue weighted by molar-refractivity contribution is 7.13. The van der Waals surface area contributed by atoms with E-state index in [1.807, 2.05) is 19.1 Å². The fraction of sp³-hybridized carbons (Fsp3) is 0.500. The van der Waals surface area contributed by atoms with Crippen LogP contribution < -0.4 is 10.2 Å². The lowest BCUT2D eigenvalue weighted by Crippen LogP contribution is -2.48. The van der Waals surface area contributed by atoms with Gasteiger partial charge >= 0.3 is 0 Å². The summed E-state index contributed by atoms with van der Waals surface area (Å²) in [5, 5.41) is 4.03. The van der Waals surface area contributed by atoms with Crippen molar-refractivity contribution < 1.29 is 9.18 Å². The Labute approximate surface area is 164 Å². The zero-order chi connectivity index (χ0) is 19.4. The number of benzene rings is 1. The van der Waals surface area contributed by atoms with E-state index in [-0.39, 0.29) is 11.7 Å². The number of thiazole rings is 1. The number of aromatic nitrogens is 1. The third kappa shape index (κ3) is 5.05. The van der Waals surface area contributed by atoms with Gasteiger partial charge in [-0.15, -0.1) is 11.3 Å². The first kappa shape index (κ1) is 19.8. The first-order valence-corrected chi connectivity index (χ1v) is 10.2. The van der Waals surface area contributed by atoms with Crippen LogP contribution in [-0.4, -0.2) is 55.1 Å². The van der Waals surface area contributed by atoms with Gasteiger partial charge in [0.25, 0.3) is 5.91 Å². The molecule has 0 atom stereocenters. The van der Waals surface area contributed by atoms with Gasteiger partial charge in [-0.1, -0.05) is 13.8 Å². The van der Waals surface area contributed by atoms with Gasteiger partial charge in [-0.3, -0.25) is 9.69 Å². The number of anilines is 1. The van der Waals surface area contributed by atoms with Crippen molar-refractivity contribution in [3.8, 4) is 0 Å². The monoisotopic (exact) mass is 390 g/mol. The SMILES string of the molecule is Cc1nc(C(C)C)sc1C(=O)NCCN1CCN(c2ccc(F)cc2)CC1. The minimum Gasteiger partial charge on any atom is -0.369 e. The second-order valence-corrected chi connectivity index (χ2v) is 8.21. The Morgan fingerprint density at radius 3 is 2.48 bits per heavy atom. The summed E-state index contributed by atoms with van der Waals surface area (Å²) < 4.78 is 13.0. The standard InChI is InChI=1S/C20H27FN4OS/c1-14(2)20-23-15(3)18(27-20)19(26)22-8-9-24-10-12-25(13-11-24)17-6-4-16(21)5-7-17/h4-7,14H,8-13H2,1-3H3,(H,22,26). The molecule has 7 heteroatoms. The molecule has 1 aromatic heterocycles. The number of aryl methyl sites for hydroxylation is 1. The predicted molar refractivity (Wildman–Crippen MR) is 108 cm³/mol. The van der Waals surface area contributed by atoms with Crippen LogP contribution in [0.1, 0.15) is 40.1 Å². The van der Waals surface area contributed by atoms with Crippen LogP contribution >= 0.6 is 11.3 Å². The Kier molecular flexibility index (Phi) is 6.44. The smallest absolute Gasteiger partial charge is 0.263 e. The van der Waals surface area contributed by atoms with Gasteiger partial charge in [0.1, 0.15) is 10.7 Å². The first-order chi connectivity index (χ1) is 12.9. The second kappa shape index (κ2) is 8.80. The topological polar surface area (TPSA) is 48.5 Å². The van der Waals surface area contributed by atoms with Crippen molar-refractivity contribution in [2.45, 2.75) is 26.7 Å². The number of carbonyl (C=O) groups excluding carboxylic acids is 1. The molecule has 1 amide bonds. The van der Waals surface area contributed by atoms with Gasteiger partial charge in [0.05, 0.1) is 10.7 Å².